The van der Waals surface area contributed by atoms with Gasteiger partial charge in [-0.05, 0) is 13.0 Å². The van der Waals surface area contributed by atoms with E-state index < -0.39 is 5.82 Å². The van der Waals surface area contributed by atoms with Crippen molar-refractivity contribution in [3.63, 3.8) is 0 Å². The number of aryl methyl sites for hydroxylation is 1. The topological polar surface area (TPSA) is 59.8 Å². The second-order valence-electron chi connectivity index (χ2n) is 3.09. The lowest BCUT2D eigenvalue weighted by molar-refractivity contribution is 0.471. The fourth-order valence-corrected chi connectivity index (χ4v) is 1.51. The zero-order valence-electron chi connectivity index (χ0n) is 7.43. The molecule has 1 aromatic heterocycles. The van der Waals surface area contributed by atoms with Gasteiger partial charge in [-0.15, -0.1) is 0 Å². The lowest BCUT2D eigenvalue weighted by Crippen LogP contribution is -1.77. The van der Waals surface area contributed by atoms with Gasteiger partial charge in [0.1, 0.15) is 11.8 Å². The van der Waals surface area contributed by atoms with Gasteiger partial charge >= 0.3 is 0 Å². The predicted molar refractivity (Wildman–Crippen MR) is 49.4 cm³/mol. The first-order valence-corrected chi connectivity index (χ1v) is 4.04. The second-order valence-corrected chi connectivity index (χ2v) is 3.09. The molecule has 0 aliphatic carbocycles. The summed E-state index contributed by atoms with van der Waals surface area (Å²) in [5.41, 5.74) is 1.23. The SMILES string of the molecule is Cc1[nH]c2c(F)cc(O)cc2c1C#N. The summed E-state index contributed by atoms with van der Waals surface area (Å²) in [6, 6.07) is 4.35. The number of phenolic OH excluding ortho intramolecular Hbond substituents is 1. The molecule has 0 saturated carbocycles. The molecule has 2 N–H and O–H groups in total. The van der Waals surface area contributed by atoms with Crippen molar-refractivity contribution in [1.82, 2.24) is 4.98 Å². The Balaban J connectivity index is 2.97. The molecular formula is C10H7FN2O. The summed E-state index contributed by atoms with van der Waals surface area (Å²) in [4.78, 5) is 2.76. The van der Waals surface area contributed by atoms with Crippen LogP contribution in [-0.2, 0) is 0 Å². The molecule has 2 aromatic rings. The molecule has 0 unspecified atom stereocenters. The van der Waals surface area contributed by atoms with Gasteiger partial charge in [-0.25, -0.2) is 4.39 Å². The van der Waals surface area contributed by atoms with E-state index in [1.165, 1.54) is 6.07 Å². The van der Waals surface area contributed by atoms with Gasteiger partial charge in [-0.2, -0.15) is 5.26 Å². The first-order valence-electron chi connectivity index (χ1n) is 4.04. The average molecular weight is 190 g/mol. The van der Waals surface area contributed by atoms with Gasteiger partial charge in [0.2, 0.25) is 0 Å². The Bertz CT molecular complexity index is 551. The number of nitriles is 1. The highest BCUT2D eigenvalue weighted by Gasteiger charge is 2.12. The Morgan fingerprint density at radius 1 is 1.50 bits per heavy atom. The number of halogens is 1. The summed E-state index contributed by atoms with van der Waals surface area (Å²) in [5, 5.41) is 18.4. The first-order chi connectivity index (χ1) is 6.63. The zero-order chi connectivity index (χ0) is 10.3. The van der Waals surface area contributed by atoms with Crippen molar-refractivity contribution in [1.29, 1.82) is 5.26 Å². The number of aromatic amines is 1. The van der Waals surface area contributed by atoms with Gasteiger partial charge in [0.15, 0.2) is 5.82 Å². The van der Waals surface area contributed by atoms with Crippen LogP contribution in [0, 0.1) is 24.1 Å². The molecule has 3 nitrogen and oxygen atoms in total. The van der Waals surface area contributed by atoms with Crippen molar-refractivity contribution in [2.45, 2.75) is 6.92 Å². The number of rotatable bonds is 0. The van der Waals surface area contributed by atoms with E-state index in [2.05, 4.69) is 4.98 Å². The normalized spacial score (nSPS) is 10.4. The molecule has 0 aliphatic rings. The van der Waals surface area contributed by atoms with Gasteiger partial charge in [0.25, 0.3) is 0 Å². The van der Waals surface area contributed by atoms with Crippen LogP contribution in [0.4, 0.5) is 4.39 Å². The molecule has 0 spiro atoms. The molecule has 0 fully saturated rings. The summed E-state index contributed by atoms with van der Waals surface area (Å²) < 4.78 is 13.3. The van der Waals surface area contributed by atoms with Crippen LogP contribution in [0.3, 0.4) is 0 Å². The Morgan fingerprint density at radius 2 is 2.21 bits per heavy atom. The highest BCUT2D eigenvalue weighted by molar-refractivity contribution is 5.88. The maximum Gasteiger partial charge on any atom is 0.150 e. The molecule has 0 aliphatic heterocycles. The van der Waals surface area contributed by atoms with E-state index in [0.717, 1.165) is 6.07 Å². The van der Waals surface area contributed by atoms with Crippen LogP contribution in [0.2, 0.25) is 0 Å². The Hall–Kier alpha value is -2.02. The van der Waals surface area contributed by atoms with Gasteiger partial charge in [0.05, 0.1) is 11.1 Å². The summed E-state index contributed by atoms with van der Waals surface area (Å²) in [7, 11) is 0. The van der Waals surface area contributed by atoms with Gasteiger partial charge in [-0.1, -0.05) is 0 Å². The lowest BCUT2D eigenvalue weighted by Gasteiger charge is -1.94. The van der Waals surface area contributed by atoms with Gasteiger partial charge in [-0.3, -0.25) is 0 Å². The van der Waals surface area contributed by atoms with Crippen molar-refractivity contribution < 1.29 is 9.50 Å². The number of hydrogen-bond acceptors (Lipinski definition) is 2. The highest BCUT2D eigenvalue weighted by Crippen LogP contribution is 2.27. The van der Waals surface area contributed by atoms with Crippen LogP contribution in [0.25, 0.3) is 10.9 Å². The molecule has 70 valence electrons. The summed E-state index contributed by atoms with van der Waals surface area (Å²) in [6.07, 6.45) is 0. The molecule has 1 heterocycles. The largest absolute Gasteiger partial charge is 0.508 e. The monoisotopic (exact) mass is 190 g/mol. The zero-order valence-corrected chi connectivity index (χ0v) is 7.43. The lowest BCUT2D eigenvalue weighted by atomic mass is 10.1. The van der Waals surface area contributed by atoms with E-state index in [1.807, 2.05) is 6.07 Å². The fraction of sp³-hybridized carbons (Fsp3) is 0.100. The van der Waals surface area contributed by atoms with Crippen molar-refractivity contribution in [3.05, 3.63) is 29.2 Å². The van der Waals surface area contributed by atoms with E-state index in [0.29, 0.717) is 16.6 Å². The third-order valence-electron chi connectivity index (χ3n) is 2.14. The molecule has 1 aromatic carbocycles. The number of benzene rings is 1. The van der Waals surface area contributed by atoms with Crippen LogP contribution in [0.15, 0.2) is 12.1 Å². The molecule has 2 rings (SSSR count). The minimum Gasteiger partial charge on any atom is -0.508 e. The number of H-pyrrole nitrogens is 1. The summed E-state index contributed by atoms with van der Waals surface area (Å²) in [5.74, 6) is -0.727. The summed E-state index contributed by atoms with van der Waals surface area (Å²) >= 11 is 0. The van der Waals surface area contributed by atoms with Crippen molar-refractivity contribution >= 4 is 10.9 Å². The standard InChI is InChI=1S/C10H7FN2O/c1-5-8(4-12)7-2-6(14)3-9(11)10(7)13-5/h2-3,13-14H,1H3. The van der Waals surface area contributed by atoms with E-state index >= 15 is 0 Å². The van der Waals surface area contributed by atoms with Crippen LogP contribution in [0.5, 0.6) is 5.75 Å². The first kappa shape index (κ1) is 8.57. The number of fused-ring (bicyclic) bond motifs is 1. The molecule has 4 heteroatoms. The smallest absolute Gasteiger partial charge is 0.150 e. The molecule has 0 amide bonds. The Labute approximate surface area is 79.4 Å². The number of hydrogen-bond donors (Lipinski definition) is 2. The van der Waals surface area contributed by atoms with E-state index in [9.17, 15) is 9.50 Å². The van der Waals surface area contributed by atoms with E-state index in [4.69, 9.17) is 5.26 Å². The third kappa shape index (κ3) is 1.03. The third-order valence-corrected chi connectivity index (χ3v) is 2.14. The molecule has 0 saturated heterocycles. The maximum atomic E-state index is 13.3. The molecule has 0 atom stereocenters. The van der Waals surface area contributed by atoms with Crippen LogP contribution in [0.1, 0.15) is 11.3 Å². The fourth-order valence-electron chi connectivity index (χ4n) is 1.51. The Morgan fingerprint density at radius 3 is 2.86 bits per heavy atom. The number of aromatic nitrogens is 1. The summed E-state index contributed by atoms with van der Waals surface area (Å²) in [6.45, 7) is 1.69. The second kappa shape index (κ2) is 2.74. The number of nitrogens with one attached hydrogen (secondary N) is 1. The molecule has 0 bridgehead atoms. The highest BCUT2D eigenvalue weighted by atomic mass is 19.1. The van der Waals surface area contributed by atoms with Crippen molar-refractivity contribution in [2.24, 2.45) is 0 Å². The van der Waals surface area contributed by atoms with Crippen LogP contribution >= 0.6 is 0 Å². The number of phenols is 1. The van der Waals surface area contributed by atoms with E-state index in [-0.39, 0.29) is 11.3 Å². The molecule has 14 heavy (non-hydrogen) atoms. The quantitative estimate of drug-likeness (QED) is 0.668. The number of nitrogens with zero attached hydrogens (tertiary/aromatic N) is 1. The molecule has 0 radical (unpaired) electrons. The van der Waals surface area contributed by atoms with Crippen LogP contribution < -0.4 is 0 Å². The average Bonchev–Trinajstić information content (AvgIpc) is 2.41. The number of aromatic hydroxyl groups is 1. The molecular weight excluding hydrogens is 183 g/mol. The van der Waals surface area contributed by atoms with Gasteiger partial charge < -0.3 is 10.1 Å². The Kier molecular flexibility index (Phi) is 1.68. The minimum atomic E-state index is -0.551. The van der Waals surface area contributed by atoms with Crippen LogP contribution in [-0.4, -0.2) is 10.1 Å². The van der Waals surface area contributed by atoms with Crippen molar-refractivity contribution in [2.75, 3.05) is 0 Å². The predicted octanol–water partition coefficient (Wildman–Crippen LogP) is 2.19. The minimum absolute atomic E-state index is 0.175. The van der Waals surface area contributed by atoms with Gasteiger partial charge in [0, 0.05) is 17.1 Å². The van der Waals surface area contributed by atoms with E-state index in [1.54, 1.807) is 6.92 Å². The van der Waals surface area contributed by atoms with Crippen molar-refractivity contribution in [3.8, 4) is 11.8 Å². The maximum absolute atomic E-state index is 13.3.